The molecule has 280 valence electrons. The first-order valence-electron chi connectivity index (χ1n) is 21.3. The van der Waals surface area contributed by atoms with Crippen LogP contribution in [0.15, 0.2) is 144 Å². The van der Waals surface area contributed by atoms with Crippen molar-refractivity contribution in [3.63, 3.8) is 0 Å². The molecule has 0 aliphatic heterocycles. The summed E-state index contributed by atoms with van der Waals surface area (Å²) in [7, 11) is 0. The smallest absolute Gasteiger partial charge is 0.137 e. The molecule has 5 aliphatic rings. The van der Waals surface area contributed by atoms with Crippen LogP contribution in [0, 0.1) is 30.6 Å². The quantitative estimate of drug-likeness (QED) is 0.179. The van der Waals surface area contributed by atoms with E-state index in [4.69, 9.17) is 4.42 Å². The van der Waals surface area contributed by atoms with Crippen LogP contribution in [0.2, 0.25) is 0 Å². The third kappa shape index (κ3) is 4.77. The minimum Gasteiger partial charge on any atom is -0.456 e. The van der Waals surface area contributed by atoms with Gasteiger partial charge in [0.15, 0.2) is 0 Å². The Morgan fingerprint density at radius 2 is 1.32 bits per heavy atom. The number of benzene rings is 7. The van der Waals surface area contributed by atoms with Gasteiger partial charge in [0.2, 0.25) is 0 Å². The molecule has 0 radical (unpaired) electrons. The summed E-state index contributed by atoms with van der Waals surface area (Å²) in [6, 6.07) is 53.0. The average Bonchev–Trinajstić information content (AvgIpc) is 3.73. The van der Waals surface area contributed by atoms with Gasteiger partial charge in [0.25, 0.3) is 0 Å². The second kappa shape index (κ2) is 12.0. The predicted molar refractivity (Wildman–Crippen MR) is 238 cm³/mol. The highest BCUT2D eigenvalue weighted by atomic mass is 16.3. The van der Waals surface area contributed by atoms with Crippen LogP contribution < -0.4 is 4.90 Å². The maximum Gasteiger partial charge on any atom is 0.137 e. The number of nitrogens with zero attached hydrogens (tertiary/aromatic N) is 1. The molecule has 1 spiro atoms. The van der Waals surface area contributed by atoms with E-state index in [0.717, 1.165) is 62.7 Å². The van der Waals surface area contributed by atoms with Gasteiger partial charge in [-0.05, 0) is 154 Å². The Morgan fingerprint density at radius 1 is 0.579 bits per heavy atom. The van der Waals surface area contributed by atoms with E-state index >= 15 is 0 Å². The van der Waals surface area contributed by atoms with Crippen LogP contribution in [0.3, 0.4) is 0 Å². The van der Waals surface area contributed by atoms with Gasteiger partial charge in [0, 0.05) is 21.9 Å². The number of anilines is 3. The molecule has 5 aliphatic carbocycles. The van der Waals surface area contributed by atoms with Crippen molar-refractivity contribution < 1.29 is 4.42 Å². The topological polar surface area (TPSA) is 16.4 Å². The number of fused-ring (bicyclic) bond motifs is 7. The van der Waals surface area contributed by atoms with Crippen LogP contribution in [-0.2, 0) is 10.8 Å². The average molecular weight is 740 g/mol. The summed E-state index contributed by atoms with van der Waals surface area (Å²) in [4.78, 5) is 2.48. The minimum atomic E-state index is 0.0692. The van der Waals surface area contributed by atoms with Crippen LogP contribution in [0.1, 0.15) is 75.1 Å². The molecular weight excluding hydrogens is 691 g/mol. The number of rotatable bonds is 4. The van der Waals surface area contributed by atoms with Gasteiger partial charge in [-0.2, -0.15) is 0 Å². The molecule has 7 aromatic carbocycles. The summed E-state index contributed by atoms with van der Waals surface area (Å²) in [5.74, 6) is 3.29. The van der Waals surface area contributed by atoms with E-state index in [0.29, 0.717) is 0 Å². The van der Waals surface area contributed by atoms with Crippen molar-refractivity contribution in [2.24, 2.45) is 23.7 Å². The standard InChI is InChI=1S/C55H49NO/c1-33-21-23-44-51(25-33)57-50-20-10-19-49(53(44)50)56(48-18-8-12-36-11-5-6-15-42(36)48)41-14-7-13-37(31-41)43-16-9-17-47-52(43)45-32-38(54(2,3)4)22-24-46(45)55(47)39-27-34-26-35(29-39)30-40(55)28-34/h5-25,31-32,34-35,39-40H,26-30H2,1-4H3. The summed E-state index contributed by atoms with van der Waals surface area (Å²) in [6.45, 7) is 9.23. The largest absolute Gasteiger partial charge is 0.456 e. The Labute approximate surface area is 336 Å². The number of aryl methyl sites for hydroxylation is 1. The molecule has 0 atom stereocenters. The van der Waals surface area contributed by atoms with Crippen molar-refractivity contribution in [2.45, 2.75) is 70.6 Å². The van der Waals surface area contributed by atoms with Gasteiger partial charge in [0.1, 0.15) is 11.2 Å². The number of hydrogen-bond donors (Lipinski definition) is 0. The Hall–Kier alpha value is -5.60. The van der Waals surface area contributed by atoms with Crippen molar-refractivity contribution in [1.82, 2.24) is 0 Å². The first-order valence-corrected chi connectivity index (χ1v) is 21.3. The zero-order valence-electron chi connectivity index (χ0n) is 33.5. The van der Waals surface area contributed by atoms with Gasteiger partial charge in [-0.15, -0.1) is 0 Å². The van der Waals surface area contributed by atoms with Gasteiger partial charge in [-0.3, -0.25) is 0 Å². The lowest BCUT2D eigenvalue weighted by molar-refractivity contribution is -0.0399. The SMILES string of the molecule is Cc1ccc2c(c1)oc1cccc(N(c3cccc(-c4cccc5c4-c4cc(C(C)(C)C)ccc4C54C5CC6CC(C5)CC4C6)c3)c3cccc4ccccc34)c12. The van der Waals surface area contributed by atoms with Gasteiger partial charge >= 0.3 is 0 Å². The van der Waals surface area contributed by atoms with Crippen molar-refractivity contribution in [2.75, 3.05) is 4.90 Å². The summed E-state index contributed by atoms with van der Waals surface area (Å²) in [5, 5.41) is 4.72. The highest BCUT2D eigenvalue weighted by Gasteiger charge is 2.61. The minimum absolute atomic E-state index is 0.0692. The van der Waals surface area contributed by atoms with Crippen LogP contribution in [0.4, 0.5) is 17.1 Å². The predicted octanol–water partition coefficient (Wildman–Crippen LogP) is 15.2. The third-order valence-corrected chi connectivity index (χ3v) is 14.8. The van der Waals surface area contributed by atoms with Gasteiger partial charge in [-0.1, -0.05) is 124 Å². The molecule has 2 heteroatoms. The molecular formula is C55H49NO. The Morgan fingerprint density at radius 3 is 2.14 bits per heavy atom. The molecule has 2 nitrogen and oxygen atoms in total. The van der Waals surface area contributed by atoms with Crippen LogP contribution in [0.25, 0.3) is 55.0 Å². The fourth-order valence-electron chi connectivity index (χ4n) is 12.7. The monoisotopic (exact) mass is 739 g/mol. The Balaban J connectivity index is 1.10. The first-order chi connectivity index (χ1) is 27.8. The van der Waals surface area contributed by atoms with E-state index in [-0.39, 0.29) is 10.8 Å². The van der Waals surface area contributed by atoms with Crippen LogP contribution in [0.5, 0.6) is 0 Å². The van der Waals surface area contributed by atoms with Gasteiger partial charge < -0.3 is 9.32 Å². The molecule has 0 saturated heterocycles. The molecule has 0 unspecified atom stereocenters. The molecule has 4 bridgehead atoms. The lowest BCUT2D eigenvalue weighted by Crippen LogP contribution is -2.55. The fraction of sp³-hybridized carbons (Fsp3) is 0.273. The van der Waals surface area contributed by atoms with Crippen molar-refractivity contribution in [1.29, 1.82) is 0 Å². The first kappa shape index (κ1) is 33.5. The molecule has 4 saturated carbocycles. The van der Waals surface area contributed by atoms with E-state index in [1.165, 1.54) is 76.3 Å². The molecule has 8 aromatic rings. The van der Waals surface area contributed by atoms with Crippen molar-refractivity contribution in [3.8, 4) is 22.3 Å². The highest BCUT2D eigenvalue weighted by molar-refractivity contribution is 6.15. The second-order valence-electron chi connectivity index (χ2n) is 19.0. The maximum atomic E-state index is 6.56. The zero-order chi connectivity index (χ0) is 38.2. The lowest BCUT2D eigenvalue weighted by atomic mass is 9.43. The molecule has 0 amide bonds. The van der Waals surface area contributed by atoms with Gasteiger partial charge in [0.05, 0.1) is 16.8 Å². The third-order valence-electron chi connectivity index (χ3n) is 14.8. The van der Waals surface area contributed by atoms with Crippen molar-refractivity contribution in [3.05, 3.63) is 162 Å². The summed E-state index contributed by atoms with van der Waals surface area (Å²) in [5.41, 5.74) is 16.9. The lowest BCUT2D eigenvalue weighted by Gasteiger charge is -2.61. The molecule has 13 rings (SSSR count). The van der Waals surface area contributed by atoms with E-state index < -0.39 is 0 Å². The summed E-state index contributed by atoms with van der Waals surface area (Å²) in [6.07, 6.45) is 7.02. The van der Waals surface area contributed by atoms with E-state index in [2.05, 4.69) is 172 Å². The highest BCUT2D eigenvalue weighted by Crippen LogP contribution is 2.70. The Kier molecular flexibility index (Phi) is 7.04. The second-order valence-corrected chi connectivity index (χ2v) is 19.0. The number of furan rings is 1. The van der Waals surface area contributed by atoms with Crippen LogP contribution >= 0.6 is 0 Å². The van der Waals surface area contributed by atoms with Crippen LogP contribution in [-0.4, -0.2) is 0 Å². The Bertz CT molecular complexity index is 2900. The number of hydrogen-bond acceptors (Lipinski definition) is 2. The van der Waals surface area contributed by atoms with Gasteiger partial charge in [-0.25, -0.2) is 0 Å². The molecule has 1 heterocycles. The van der Waals surface area contributed by atoms with Crippen molar-refractivity contribution >= 4 is 49.8 Å². The maximum absolute atomic E-state index is 6.56. The molecule has 57 heavy (non-hydrogen) atoms. The molecule has 1 aromatic heterocycles. The van der Waals surface area contributed by atoms with E-state index in [1.807, 2.05) is 0 Å². The molecule has 4 fully saturated rings. The summed E-state index contributed by atoms with van der Waals surface area (Å²) >= 11 is 0. The normalized spacial score (nSPS) is 23.2. The summed E-state index contributed by atoms with van der Waals surface area (Å²) < 4.78 is 6.56. The fourth-order valence-corrected chi connectivity index (χ4v) is 12.7. The van der Waals surface area contributed by atoms with E-state index in [9.17, 15) is 0 Å². The molecule has 0 N–H and O–H groups in total. The van der Waals surface area contributed by atoms with E-state index in [1.54, 1.807) is 11.1 Å². The zero-order valence-corrected chi connectivity index (χ0v) is 33.5.